The molecule has 0 unspecified atom stereocenters. The molecule has 138 valence electrons. The lowest BCUT2D eigenvalue weighted by Crippen LogP contribution is -2.25. The van der Waals surface area contributed by atoms with Crippen molar-refractivity contribution in [1.29, 1.82) is 0 Å². The summed E-state index contributed by atoms with van der Waals surface area (Å²) < 4.78 is 38.5. The summed E-state index contributed by atoms with van der Waals surface area (Å²) >= 11 is 1.44. The van der Waals surface area contributed by atoms with Gasteiger partial charge in [0.2, 0.25) is 0 Å². The Balaban J connectivity index is 2.11. The van der Waals surface area contributed by atoms with Gasteiger partial charge in [-0.3, -0.25) is 9.69 Å². The number of rotatable bonds is 4. The smallest absolute Gasteiger partial charge is 0.274 e. The molecule has 27 heavy (non-hydrogen) atoms. The van der Waals surface area contributed by atoms with Crippen LogP contribution in [-0.2, 0) is 4.79 Å². The predicted molar refractivity (Wildman–Crippen MR) is 103 cm³/mol. The van der Waals surface area contributed by atoms with Crippen LogP contribution in [0.2, 0.25) is 0 Å². The fourth-order valence-corrected chi connectivity index (χ4v) is 3.25. The lowest BCUT2D eigenvalue weighted by atomic mass is 10.1. The summed E-state index contributed by atoms with van der Waals surface area (Å²) in [6.45, 7) is 4.70. The van der Waals surface area contributed by atoms with Crippen LogP contribution >= 0.6 is 11.3 Å². The summed E-state index contributed by atoms with van der Waals surface area (Å²) in [5.41, 5.74) is 0.976. The number of thiophene rings is 1. The first-order valence-corrected chi connectivity index (χ1v) is 8.92. The van der Waals surface area contributed by atoms with E-state index in [0.29, 0.717) is 16.9 Å². The second-order valence-corrected chi connectivity index (χ2v) is 6.47. The van der Waals surface area contributed by atoms with E-state index < -0.39 is 11.7 Å². The Hall–Kier alpha value is -2.93. The van der Waals surface area contributed by atoms with Crippen LogP contribution in [0.4, 0.5) is 24.5 Å². The van der Waals surface area contributed by atoms with E-state index in [1.807, 2.05) is 10.8 Å². The van der Waals surface area contributed by atoms with E-state index in [9.17, 15) is 18.0 Å². The number of benzene rings is 1. The number of carbonyl (C=O) groups is 1. The second kappa shape index (κ2) is 7.36. The quantitative estimate of drug-likeness (QED) is 0.610. The van der Waals surface area contributed by atoms with Gasteiger partial charge in [0.15, 0.2) is 0 Å². The van der Waals surface area contributed by atoms with E-state index in [1.165, 1.54) is 22.3 Å². The summed E-state index contributed by atoms with van der Waals surface area (Å²) in [5.74, 6) is -0.386. The Morgan fingerprint density at radius 1 is 1.26 bits per heavy atom. The largest absolute Gasteiger partial charge is 0.415 e. The molecule has 0 spiro atoms. The molecule has 0 fully saturated rings. The minimum Gasteiger partial charge on any atom is -0.274 e. The topological polar surface area (TPSA) is 32.7 Å². The lowest BCUT2D eigenvalue weighted by molar-refractivity contribution is -0.111. The standard InChI is InChI=1S/C20H15F3N2OS/c1-3-6-14(11-13(2)20(21,22)23)24-18-16-7-4-5-8-17(16)25(19(18)26)15-9-10-27-12-15/h3-12H,2H2,1H3/b6-3-,14-11+,24-18?. The highest BCUT2D eigenvalue weighted by Crippen LogP contribution is 2.37. The minimum atomic E-state index is -4.56. The normalized spacial score (nSPS) is 16.4. The number of aliphatic imine (C=N–C) groups is 1. The van der Waals surface area contributed by atoms with Crippen LogP contribution in [0.3, 0.4) is 0 Å². The van der Waals surface area contributed by atoms with Crippen LogP contribution in [0.1, 0.15) is 12.5 Å². The zero-order valence-corrected chi connectivity index (χ0v) is 15.1. The first-order chi connectivity index (χ1) is 12.8. The first kappa shape index (κ1) is 18.8. The zero-order chi connectivity index (χ0) is 19.6. The number of anilines is 2. The molecule has 0 aliphatic carbocycles. The maximum absolute atomic E-state index is 13.0. The van der Waals surface area contributed by atoms with E-state index in [4.69, 9.17) is 0 Å². The van der Waals surface area contributed by atoms with Gasteiger partial charge in [-0.05, 0) is 36.6 Å². The summed E-state index contributed by atoms with van der Waals surface area (Å²) in [6.07, 6.45) is -0.766. The van der Waals surface area contributed by atoms with Gasteiger partial charge in [-0.2, -0.15) is 24.5 Å². The maximum atomic E-state index is 13.0. The average Bonchev–Trinajstić information content (AvgIpc) is 3.21. The number of para-hydroxylation sites is 1. The molecule has 0 bridgehead atoms. The van der Waals surface area contributed by atoms with Crippen molar-refractivity contribution in [3.8, 4) is 0 Å². The Kier molecular flexibility index (Phi) is 5.14. The lowest BCUT2D eigenvalue weighted by Gasteiger charge is -2.14. The molecular formula is C20H15F3N2OS. The fraction of sp³-hybridized carbons (Fsp3) is 0.100. The molecule has 2 aromatic rings. The number of alkyl halides is 3. The van der Waals surface area contributed by atoms with Gasteiger partial charge >= 0.3 is 6.18 Å². The van der Waals surface area contributed by atoms with E-state index in [0.717, 1.165) is 6.08 Å². The molecule has 0 N–H and O–H groups in total. The van der Waals surface area contributed by atoms with Crippen molar-refractivity contribution in [3.63, 3.8) is 0 Å². The molecule has 0 radical (unpaired) electrons. The van der Waals surface area contributed by atoms with Crippen LogP contribution in [0.25, 0.3) is 0 Å². The molecule has 1 aliphatic rings. The number of amides is 1. The molecule has 7 heteroatoms. The van der Waals surface area contributed by atoms with Crippen LogP contribution in [0, 0.1) is 0 Å². The SMILES string of the molecule is C=C(/C=C(\C=C/C)N=C1C(=O)N(c2ccsc2)c2ccccc21)C(F)(F)F. The van der Waals surface area contributed by atoms with Crippen molar-refractivity contribution in [1.82, 2.24) is 0 Å². The molecule has 2 heterocycles. The van der Waals surface area contributed by atoms with E-state index >= 15 is 0 Å². The maximum Gasteiger partial charge on any atom is 0.415 e. The molecule has 1 aromatic heterocycles. The van der Waals surface area contributed by atoms with Gasteiger partial charge in [0, 0.05) is 10.9 Å². The van der Waals surface area contributed by atoms with Crippen molar-refractivity contribution in [2.45, 2.75) is 13.1 Å². The number of fused-ring (bicyclic) bond motifs is 1. The Morgan fingerprint density at radius 3 is 2.63 bits per heavy atom. The van der Waals surface area contributed by atoms with Gasteiger partial charge in [-0.25, -0.2) is 4.99 Å². The monoisotopic (exact) mass is 388 g/mol. The van der Waals surface area contributed by atoms with Crippen molar-refractivity contribution >= 4 is 34.3 Å². The molecule has 3 rings (SSSR count). The van der Waals surface area contributed by atoms with Crippen molar-refractivity contribution in [2.75, 3.05) is 4.90 Å². The number of hydrogen-bond donors (Lipinski definition) is 0. The second-order valence-electron chi connectivity index (χ2n) is 5.69. The third-order valence-electron chi connectivity index (χ3n) is 3.83. The van der Waals surface area contributed by atoms with Crippen LogP contribution in [-0.4, -0.2) is 17.8 Å². The number of allylic oxidation sites excluding steroid dienone is 4. The Labute approximate surface area is 158 Å². The highest BCUT2D eigenvalue weighted by atomic mass is 32.1. The number of hydrogen-bond acceptors (Lipinski definition) is 3. The van der Waals surface area contributed by atoms with Crippen molar-refractivity contribution in [2.24, 2.45) is 4.99 Å². The Bertz CT molecular complexity index is 969. The molecular weight excluding hydrogens is 373 g/mol. The van der Waals surface area contributed by atoms with Gasteiger partial charge in [0.05, 0.1) is 22.6 Å². The van der Waals surface area contributed by atoms with Crippen LogP contribution in [0.15, 0.2) is 82.2 Å². The van der Waals surface area contributed by atoms with Crippen LogP contribution in [0.5, 0.6) is 0 Å². The van der Waals surface area contributed by atoms with Gasteiger partial charge < -0.3 is 0 Å². The molecule has 0 atom stereocenters. The molecule has 1 aromatic carbocycles. The van der Waals surface area contributed by atoms with E-state index in [2.05, 4.69) is 11.6 Å². The average molecular weight is 388 g/mol. The van der Waals surface area contributed by atoms with E-state index in [-0.39, 0.29) is 17.3 Å². The molecule has 3 nitrogen and oxygen atoms in total. The first-order valence-electron chi connectivity index (χ1n) is 7.98. The summed E-state index contributed by atoms with van der Waals surface area (Å²) in [7, 11) is 0. The summed E-state index contributed by atoms with van der Waals surface area (Å²) in [6, 6.07) is 8.86. The van der Waals surface area contributed by atoms with Crippen LogP contribution < -0.4 is 4.90 Å². The molecule has 0 saturated carbocycles. The third kappa shape index (κ3) is 3.78. The highest BCUT2D eigenvalue weighted by molar-refractivity contribution is 7.08. The number of halogens is 3. The minimum absolute atomic E-state index is 0.00477. The highest BCUT2D eigenvalue weighted by Gasteiger charge is 2.35. The Morgan fingerprint density at radius 2 is 2.00 bits per heavy atom. The van der Waals surface area contributed by atoms with Gasteiger partial charge in [0.1, 0.15) is 5.71 Å². The predicted octanol–water partition coefficient (Wildman–Crippen LogP) is 5.79. The third-order valence-corrected chi connectivity index (χ3v) is 4.51. The van der Waals surface area contributed by atoms with Gasteiger partial charge in [-0.15, -0.1) is 0 Å². The molecule has 1 amide bonds. The summed E-state index contributed by atoms with van der Waals surface area (Å²) in [4.78, 5) is 18.7. The summed E-state index contributed by atoms with van der Waals surface area (Å²) in [5, 5.41) is 3.67. The van der Waals surface area contributed by atoms with Crippen molar-refractivity contribution < 1.29 is 18.0 Å². The zero-order valence-electron chi connectivity index (χ0n) is 14.3. The fourth-order valence-electron chi connectivity index (χ4n) is 2.63. The molecule has 1 aliphatic heterocycles. The van der Waals surface area contributed by atoms with Gasteiger partial charge in [0.25, 0.3) is 5.91 Å². The molecule has 0 saturated heterocycles. The van der Waals surface area contributed by atoms with Crippen molar-refractivity contribution in [3.05, 3.63) is 82.7 Å². The number of nitrogens with zero attached hydrogens (tertiary/aromatic N) is 2. The van der Waals surface area contributed by atoms with Gasteiger partial charge in [-0.1, -0.05) is 30.9 Å². The van der Waals surface area contributed by atoms with E-state index in [1.54, 1.807) is 43.3 Å². The number of carbonyl (C=O) groups excluding carboxylic acids is 1.